The summed E-state index contributed by atoms with van der Waals surface area (Å²) in [6, 6.07) is 13.7. The van der Waals surface area contributed by atoms with Crippen molar-refractivity contribution in [2.45, 2.75) is 25.7 Å². The number of nitrogens with two attached hydrogens (primary N) is 1. The highest BCUT2D eigenvalue weighted by molar-refractivity contribution is 5.64. The van der Waals surface area contributed by atoms with Crippen molar-refractivity contribution in [2.75, 3.05) is 0 Å². The van der Waals surface area contributed by atoms with Crippen molar-refractivity contribution in [1.82, 2.24) is 0 Å². The molecule has 2 aromatic carbocycles. The minimum Gasteiger partial charge on any atom is -0.406 e. The Bertz CT molecular complexity index is 574. The summed E-state index contributed by atoms with van der Waals surface area (Å²) >= 11 is 0. The molecule has 5 heteroatoms. The molecule has 1 unspecified atom stereocenters. The molecular weight excluding hydrogens is 279 g/mol. The van der Waals surface area contributed by atoms with Crippen LogP contribution in [0.4, 0.5) is 13.2 Å². The van der Waals surface area contributed by atoms with Crippen molar-refractivity contribution in [2.24, 2.45) is 5.73 Å². The summed E-state index contributed by atoms with van der Waals surface area (Å²) in [6.07, 6.45) is -3.87. The van der Waals surface area contributed by atoms with E-state index < -0.39 is 6.36 Å². The van der Waals surface area contributed by atoms with Gasteiger partial charge in [0.2, 0.25) is 0 Å². The second-order valence-electron chi connectivity index (χ2n) is 4.95. The van der Waals surface area contributed by atoms with E-state index in [4.69, 9.17) is 5.73 Å². The molecule has 0 aliphatic heterocycles. The summed E-state index contributed by atoms with van der Waals surface area (Å²) in [4.78, 5) is 0. The van der Waals surface area contributed by atoms with Crippen molar-refractivity contribution in [3.8, 4) is 16.9 Å². The van der Waals surface area contributed by atoms with Crippen LogP contribution in [0.15, 0.2) is 48.5 Å². The number of hydrogen-bond acceptors (Lipinski definition) is 2. The minimum absolute atomic E-state index is 0.0923. The zero-order valence-corrected chi connectivity index (χ0v) is 11.5. The van der Waals surface area contributed by atoms with Gasteiger partial charge < -0.3 is 10.5 Å². The largest absolute Gasteiger partial charge is 0.573 e. The summed E-state index contributed by atoms with van der Waals surface area (Å²) in [6.45, 7) is 1.94. The smallest absolute Gasteiger partial charge is 0.406 e. The fourth-order valence-corrected chi connectivity index (χ4v) is 2.05. The van der Waals surface area contributed by atoms with Crippen LogP contribution in [0.25, 0.3) is 11.1 Å². The normalized spacial score (nSPS) is 13.0. The van der Waals surface area contributed by atoms with E-state index in [9.17, 15) is 13.2 Å². The van der Waals surface area contributed by atoms with Crippen molar-refractivity contribution in [3.63, 3.8) is 0 Å². The Kier molecular flexibility index (Phi) is 4.53. The van der Waals surface area contributed by atoms with Gasteiger partial charge in [0.1, 0.15) is 5.75 Å². The zero-order chi connectivity index (χ0) is 15.5. The van der Waals surface area contributed by atoms with E-state index in [1.165, 1.54) is 12.1 Å². The summed E-state index contributed by atoms with van der Waals surface area (Å²) < 4.78 is 40.1. The maximum absolute atomic E-state index is 12.1. The lowest BCUT2D eigenvalue weighted by Crippen LogP contribution is -2.17. The average molecular weight is 295 g/mol. The standard InChI is InChI=1S/C16H16F3NO/c1-11(20)10-12-2-4-13(5-3-12)14-6-8-15(9-7-14)21-16(17,18)19/h2-9,11H,10,20H2,1H3. The lowest BCUT2D eigenvalue weighted by atomic mass is 10.0. The Morgan fingerprint density at radius 3 is 1.86 bits per heavy atom. The van der Waals surface area contributed by atoms with Gasteiger partial charge in [0, 0.05) is 6.04 Å². The molecule has 0 fully saturated rings. The number of ether oxygens (including phenoxy) is 1. The van der Waals surface area contributed by atoms with Crippen LogP contribution in [0, 0.1) is 0 Å². The Balaban J connectivity index is 2.11. The molecule has 0 aromatic heterocycles. The maximum atomic E-state index is 12.1. The first kappa shape index (κ1) is 15.4. The fraction of sp³-hybridized carbons (Fsp3) is 0.250. The summed E-state index contributed by atoms with van der Waals surface area (Å²) in [5, 5.41) is 0. The number of benzene rings is 2. The molecule has 0 amide bonds. The van der Waals surface area contributed by atoms with Crippen LogP contribution in [0.2, 0.25) is 0 Å². The van der Waals surface area contributed by atoms with Gasteiger partial charge in [-0.2, -0.15) is 0 Å². The SMILES string of the molecule is CC(N)Cc1ccc(-c2ccc(OC(F)(F)F)cc2)cc1. The monoisotopic (exact) mass is 295 g/mol. The number of halogens is 3. The van der Waals surface area contributed by atoms with E-state index >= 15 is 0 Å². The van der Waals surface area contributed by atoms with Crippen LogP contribution in [0.5, 0.6) is 5.75 Å². The van der Waals surface area contributed by atoms with Gasteiger partial charge in [-0.05, 0) is 42.2 Å². The molecule has 0 radical (unpaired) electrons. The van der Waals surface area contributed by atoms with Gasteiger partial charge in [-0.25, -0.2) is 0 Å². The second-order valence-corrected chi connectivity index (χ2v) is 4.95. The first-order valence-electron chi connectivity index (χ1n) is 6.54. The van der Waals surface area contributed by atoms with Gasteiger partial charge in [0.25, 0.3) is 0 Å². The predicted molar refractivity (Wildman–Crippen MR) is 75.9 cm³/mol. The van der Waals surface area contributed by atoms with Crippen molar-refractivity contribution >= 4 is 0 Å². The van der Waals surface area contributed by atoms with E-state index in [1.807, 2.05) is 31.2 Å². The predicted octanol–water partition coefficient (Wildman–Crippen LogP) is 4.14. The average Bonchev–Trinajstić information content (AvgIpc) is 2.38. The van der Waals surface area contributed by atoms with Crippen LogP contribution in [-0.2, 0) is 6.42 Å². The molecule has 112 valence electrons. The molecular formula is C16H16F3NO. The van der Waals surface area contributed by atoms with Crippen LogP contribution in [-0.4, -0.2) is 12.4 Å². The first-order valence-corrected chi connectivity index (χ1v) is 6.54. The van der Waals surface area contributed by atoms with E-state index in [0.29, 0.717) is 0 Å². The highest BCUT2D eigenvalue weighted by Crippen LogP contribution is 2.26. The Morgan fingerprint density at radius 2 is 1.43 bits per heavy atom. The van der Waals surface area contributed by atoms with Crippen LogP contribution >= 0.6 is 0 Å². The van der Waals surface area contributed by atoms with E-state index in [-0.39, 0.29) is 11.8 Å². The Labute approximate surface area is 121 Å². The first-order chi connectivity index (χ1) is 9.83. The van der Waals surface area contributed by atoms with E-state index in [2.05, 4.69) is 4.74 Å². The molecule has 0 saturated heterocycles. The highest BCUT2D eigenvalue weighted by atomic mass is 19.4. The Morgan fingerprint density at radius 1 is 0.952 bits per heavy atom. The van der Waals surface area contributed by atoms with E-state index in [1.54, 1.807) is 12.1 Å². The molecule has 0 aliphatic carbocycles. The van der Waals surface area contributed by atoms with Gasteiger partial charge in [0.15, 0.2) is 0 Å². The topological polar surface area (TPSA) is 35.2 Å². The molecule has 2 N–H and O–H groups in total. The number of alkyl halides is 3. The molecule has 0 saturated carbocycles. The molecule has 0 bridgehead atoms. The molecule has 2 rings (SSSR count). The zero-order valence-electron chi connectivity index (χ0n) is 11.5. The molecule has 0 spiro atoms. The molecule has 0 aliphatic rings. The lowest BCUT2D eigenvalue weighted by Gasteiger charge is -2.10. The summed E-state index contributed by atoms with van der Waals surface area (Å²) in [5.74, 6) is -0.222. The van der Waals surface area contributed by atoms with Crippen molar-refractivity contribution in [1.29, 1.82) is 0 Å². The third-order valence-electron chi connectivity index (χ3n) is 2.93. The van der Waals surface area contributed by atoms with E-state index in [0.717, 1.165) is 23.1 Å². The molecule has 2 aromatic rings. The maximum Gasteiger partial charge on any atom is 0.573 e. The summed E-state index contributed by atoms with van der Waals surface area (Å²) in [7, 11) is 0. The van der Waals surface area contributed by atoms with Gasteiger partial charge in [-0.15, -0.1) is 13.2 Å². The molecule has 21 heavy (non-hydrogen) atoms. The molecule has 2 nitrogen and oxygen atoms in total. The Hall–Kier alpha value is -2.01. The van der Waals surface area contributed by atoms with Crippen LogP contribution in [0.1, 0.15) is 12.5 Å². The van der Waals surface area contributed by atoms with Gasteiger partial charge in [0.05, 0.1) is 0 Å². The molecule has 1 atom stereocenters. The van der Waals surface area contributed by atoms with Crippen molar-refractivity contribution in [3.05, 3.63) is 54.1 Å². The third kappa shape index (κ3) is 4.79. The number of hydrogen-bond donors (Lipinski definition) is 1. The fourth-order valence-electron chi connectivity index (χ4n) is 2.05. The second kappa shape index (κ2) is 6.18. The van der Waals surface area contributed by atoms with Gasteiger partial charge >= 0.3 is 6.36 Å². The number of rotatable bonds is 4. The third-order valence-corrected chi connectivity index (χ3v) is 2.93. The summed E-state index contributed by atoms with van der Waals surface area (Å²) in [5.41, 5.74) is 8.63. The van der Waals surface area contributed by atoms with Gasteiger partial charge in [-0.1, -0.05) is 36.4 Å². The van der Waals surface area contributed by atoms with Crippen LogP contribution < -0.4 is 10.5 Å². The quantitative estimate of drug-likeness (QED) is 0.920. The highest BCUT2D eigenvalue weighted by Gasteiger charge is 2.30. The van der Waals surface area contributed by atoms with Crippen LogP contribution in [0.3, 0.4) is 0 Å². The molecule has 0 heterocycles. The van der Waals surface area contributed by atoms with Gasteiger partial charge in [-0.3, -0.25) is 0 Å². The minimum atomic E-state index is -4.66. The lowest BCUT2D eigenvalue weighted by molar-refractivity contribution is -0.274. The van der Waals surface area contributed by atoms with Crippen molar-refractivity contribution < 1.29 is 17.9 Å².